The molecule has 0 saturated carbocycles. The SMILES string of the molecule is CCOc1ccc(CNn2cnnc2)cc1OCC. The molecular formula is C13H18N4O2. The van der Waals surface area contributed by atoms with Crippen molar-refractivity contribution in [2.75, 3.05) is 18.6 Å². The Labute approximate surface area is 112 Å². The summed E-state index contributed by atoms with van der Waals surface area (Å²) in [6.07, 6.45) is 3.22. The summed E-state index contributed by atoms with van der Waals surface area (Å²) >= 11 is 0. The summed E-state index contributed by atoms with van der Waals surface area (Å²) in [4.78, 5) is 0. The highest BCUT2D eigenvalue weighted by Crippen LogP contribution is 2.28. The molecule has 2 rings (SSSR count). The fourth-order valence-corrected chi connectivity index (χ4v) is 1.67. The Hall–Kier alpha value is -2.24. The quantitative estimate of drug-likeness (QED) is 0.824. The second-order valence-electron chi connectivity index (χ2n) is 3.85. The molecule has 0 radical (unpaired) electrons. The van der Waals surface area contributed by atoms with E-state index in [0.717, 1.165) is 17.1 Å². The van der Waals surface area contributed by atoms with Crippen LogP contribution >= 0.6 is 0 Å². The van der Waals surface area contributed by atoms with Crippen molar-refractivity contribution in [1.29, 1.82) is 0 Å². The van der Waals surface area contributed by atoms with E-state index in [9.17, 15) is 0 Å². The highest BCUT2D eigenvalue weighted by molar-refractivity contribution is 5.43. The van der Waals surface area contributed by atoms with Crippen molar-refractivity contribution in [2.45, 2.75) is 20.4 Å². The molecule has 102 valence electrons. The molecule has 0 fully saturated rings. The zero-order valence-electron chi connectivity index (χ0n) is 11.2. The Morgan fingerprint density at radius 2 is 1.74 bits per heavy atom. The van der Waals surface area contributed by atoms with E-state index in [1.54, 1.807) is 17.3 Å². The number of rotatable bonds is 7. The van der Waals surface area contributed by atoms with Gasteiger partial charge in [-0.3, -0.25) is 0 Å². The maximum Gasteiger partial charge on any atom is 0.161 e. The molecule has 1 aromatic heterocycles. The summed E-state index contributed by atoms with van der Waals surface area (Å²) in [7, 11) is 0. The predicted octanol–water partition coefficient (Wildman–Crippen LogP) is 1.82. The Balaban J connectivity index is 2.06. The van der Waals surface area contributed by atoms with Crippen LogP contribution in [-0.2, 0) is 6.54 Å². The van der Waals surface area contributed by atoms with E-state index in [4.69, 9.17) is 9.47 Å². The fourth-order valence-electron chi connectivity index (χ4n) is 1.67. The Kier molecular flexibility index (Phi) is 4.60. The number of aromatic nitrogens is 3. The van der Waals surface area contributed by atoms with E-state index < -0.39 is 0 Å². The molecule has 1 aromatic carbocycles. The van der Waals surface area contributed by atoms with Gasteiger partial charge >= 0.3 is 0 Å². The molecule has 0 amide bonds. The first-order valence-corrected chi connectivity index (χ1v) is 6.30. The van der Waals surface area contributed by atoms with E-state index in [1.807, 2.05) is 32.0 Å². The summed E-state index contributed by atoms with van der Waals surface area (Å²) in [5.41, 5.74) is 4.25. The summed E-state index contributed by atoms with van der Waals surface area (Å²) in [6, 6.07) is 5.91. The molecule has 2 aromatic rings. The van der Waals surface area contributed by atoms with Crippen LogP contribution in [0.1, 0.15) is 19.4 Å². The molecule has 0 aliphatic rings. The van der Waals surface area contributed by atoms with Crippen molar-refractivity contribution in [3.8, 4) is 11.5 Å². The number of benzene rings is 1. The van der Waals surface area contributed by atoms with Gasteiger partial charge in [0, 0.05) is 0 Å². The number of nitrogens with one attached hydrogen (secondary N) is 1. The fraction of sp³-hybridized carbons (Fsp3) is 0.385. The van der Waals surface area contributed by atoms with Crippen molar-refractivity contribution in [1.82, 2.24) is 14.9 Å². The van der Waals surface area contributed by atoms with E-state index >= 15 is 0 Å². The maximum atomic E-state index is 5.58. The van der Waals surface area contributed by atoms with Crippen molar-refractivity contribution in [3.63, 3.8) is 0 Å². The third-order valence-electron chi connectivity index (χ3n) is 2.49. The van der Waals surface area contributed by atoms with Crippen LogP contribution in [0, 0.1) is 0 Å². The Morgan fingerprint density at radius 3 is 2.42 bits per heavy atom. The minimum Gasteiger partial charge on any atom is -0.490 e. The van der Waals surface area contributed by atoms with Gasteiger partial charge in [-0.15, -0.1) is 10.2 Å². The van der Waals surface area contributed by atoms with Crippen LogP contribution in [0.3, 0.4) is 0 Å². The monoisotopic (exact) mass is 262 g/mol. The second kappa shape index (κ2) is 6.63. The molecule has 1 heterocycles. The Morgan fingerprint density at radius 1 is 1.05 bits per heavy atom. The van der Waals surface area contributed by atoms with E-state index in [0.29, 0.717) is 19.8 Å². The van der Waals surface area contributed by atoms with Gasteiger partial charge in [-0.1, -0.05) is 6.07 Å². The van der Waals surface area contributed by atoms with Crippen LogP contribution in [0.4, 0.5) is 0 Å². The first-order valence-electron chi connectivity index (χ1n) is 6.30. The third-order valence-corrected chi connectivity index (χ3v) is 2.49. The summed E-state index contributed by atoms with van der Waals surface area (Å²) < 4.78 is 12.8. The van der Waals surface area contributed by atoms with Gasteiger partial charge in [-0.05, 0) is 31.5 Å². The molecule has 6 nitrogen and oxygen atoms in total. The lowest BCUT2D eigenvalue weighted by molar-refractivity contribution is 0.287. The van der Waals surface area contributed by atoms with Gasteiger partial charge in [0.05, 0.1) is 19.8 Å². The van der Waals surface area contributed by atoms with Crippen LogP contribution in [0.2, 0.25) is 0 Å². The van der Waals surface area contributed by atoms with E-state index in [2.05, 4.69) is 15.6 Å². The molecule has 0 saturated heterocycles. The van der Waals surface area contributed by atoms with Gasteiger partial charge in [0.25, 0.3) is 0 Å². The highest BCUT2D eigenvalue weighted by atomic mass is 16.5. The van der Waals surface area contributed by atoms with Gasteiger partial charge < -0.3 is 14.9 Å². The topological polar surface area (TPSA) is 61.2 Å². The minimum atomic E-state index is 0.613. The maximum absolute atomic E-state index is 5.58. The van der Waals surface area contributed by atoms with E-state index in [1.165, 1.54) is 0 Å². The molecule has 0 atom stereocenters. The molecular weight excluding hydrogens is 244 g/mol. The van der Waals surface area contributed by atoms with Gasteiger partial charge in [-0.2, -0.15) is 0 Å². The molecule has 0 aliphatic carbocycles. The van der Waals surface area contributed by atoms with Gasteiger partial charge in [0.2, 0.25) is 0 Å². The molecule has 0 unspecified atom stereocenters. The predicted molar refractivity (Wildman–Crippen MR) is 71.9 cm³/mol. The Bertz CT molecular complexity index is 499. The number of hydrogen-bond donors (Lipinski definition) is 1. The zero-order valence-corrected chi connectivity index (χ0v) is 11.2. The zero-order chi connectivity index (χ0) is 13.5. The minimum absolute atomic E-state index is 0.613. The van der Waals surface area contributed by atoms with Crippen molar-refractivity contribution < 1.29 is 9.47 Å². The van der Waals surface area contributed by atoms with Crippen LogP contribution in [0.15, 0.2) is 30.9 Å². The standard InChI is InChI=1S/C13H18N4O2/c1-3-18-12-6-5-11(7-13(12)19-4-2)8-16-17-9-14-15-10-17/h5-7,9-10,16H,3-4,8H2,1-2H3. The number of nitrogens with zero attached hydrogens (tertiary/aromatic N) is 3. The van der Waals surface area contributed by atoms with Crippen molar-refractivity contribution in [2.24, 2.45) is 0 Å². The highest BCUT2D eigenvalue weighted by Gasteiger charge is 2.06. The second-order valence-corrected chi connectivity index (χ2v) is 3.85. The molecule has 0 aliphatic heterocycles. The number of ether oxygens (including phenoxy) is 2. The average Bonchev–Trinajstić information content (AvgIpc) is 2.93. The van der Waals surface area contributed by atoms with Gasteiger partial charge in [0.1, 0.15) is 12.7 Å². The molecule has 19 heavy (non-hydrogen) atoms. The normalized spacial score (nSPS) is 10.2. The summed E-state index contributed by atoms with van der Waals surface area (Å²) in [5.74, 6) is 1.55. The van der Waals surface area contributed by atoms with E-state index in [-0.39, 0.29) is 0 Å². The van der Waals surface area contributed by atoms with Crippen LogP contribution in [0.5, 0.6) is 11.5 Å². The van der Waals surface area contributed by atoms with Crippen LogP contribution in [0.25, 0.3) is 0 Å². The van der Waals surface area contributed by atoms with Crippen molar-refractivity contribution >= 4 is 0 Å². The lowest BCUT2D eigenvalue weighted by Gasteiger charge is -2.13. The van der Waals surface area contributed by atoms with Crippen LogP contribution in [-0.4, -0.2) is 28.1 Å². The van der Waals surface area contributed by atoms with Crippen LogP contribution < -0.4 is 14.9 Å². The third kappa shape index (κ3) is 3.61. The largest absolute Gasteiger partial charge is 0.490 e. The average molecular weight is 262 g/mol. The first kappa shape index (κ1) is 13.2. The lowest BCUT2D eigenvalue weighted by Crippen LogP contribution is -2.12. The molecule has 0 bridgehead atoms. The smallest absolute Gasteiger partial charge is 0.161 e. The summed E-state index contributed by atoms with van der Waals surface area (Å²) in [6.45, 7) is 5.81. The summed E-state index contributed by atoms with van der Waals surface area (Å²) in [5, 5.41) is 7.45. The van der Waals surface area contributed by atoms with Gasteiger partial charge in [-0.25, -0.2) is 4.68 Å². The first-order chi connectivity index (χ1) is 9.33. The van der Waals surface area contributed by atoms with Gasteiger partial charge in [0.15, 0.2) is 11.5 Å². The molecule has 6 heteroatoms. The lowest BCUT2D eigenvalue weighted by atomic mass is 10.2. The molecule has 1 N–H and O–H groups in total. The van der Waals surface area contributed by atoms with Crippen molar-refractivity contribution in [3.05, 3.63) is 36.4 Å². The molecule has 0 spiro atoms. The number of hydrogen-bond acceptors (Lipinski definition) is 5.